The molecule has 6 heteroatoms. The van der Waals surface area contributed by atoms with E-state index in [-0.39, 0.29) is 23.3 Å². The van der Waals surface area contributed by atoms with Gasteiger partial charge in [0.25, 0.3) is 0 Å². The number of nitrogens with two attached hydrogens (primary N) is 1. The summed E-state index contributed by atoms with van der Waals surface area (Å²) in [5.41, 5.74) is 5.96. The molecule has 0 aliphatic carbocycles. The van der Waals surface area contributed by atoms with Crippen LogP contribution >= 0.6 is 0 Å². The quantitative estimate of drug-likeness (QED) is 0.752. The SMILES string of the molecule is CC(=O)NC1CCCN(C(=O)CN2CCC(C)(CN)C2)C1. The zero-order chi connectivity index (χ0) is 15.5. The van der Waals surface area contributed by atoms with Gasteiger partial charge in [-0.05, 0) is 37.8 Å². The second-order valence-corrected chi connectivity index (χ2v) is 6.85. The van der Waals surface area contributed by atoms with Gasteiger partial charge in [-0.1, -0.05) is 6.92 Å². The van der Waals surface area contributed by atoms with E-state index in [0.29, 0.717) is 19.6 Å². The molecule has 2 amide bonds. The summed E-state index contributed by atoms with van der Waals surface area (Å²) in [6.45, 7) is 8.15. The monoisotopic (exact) mass is 296 g/mol. The van der Waals surface area contributed by atoms with E-state index >= 15 is 0 Å². The van der Waals surface area contributed by atoms with Crippen molar-refractivity contribution in [2.24, 2.45) is 11.1 Å². The molecule has 2 aliphatic rings. The van der Waals surface area contributed by atoms with E-state index in [4.69, 9.17) is 5.73 Å². The maximum absolute atomic E-state index is 12.4. The molecule has 0 aromatic rings. The molecular weight excluding hydrogens is 268 g/mol. The van der Waals surface area contributed by atoms with Crippen LogP contribution in [0.2, 0.25) is 0 Å². The molecule has 3 N–H and O–H groups in total. The summed E-state index contributed by atoms with van der Waals surface area (Å²) in [4.78, 5) is 27.7. The average Bonchev–Trinajstić information content (AvgIpc) is 2.80. The van der Waals surface area contributed by atoms with Crippen LogP contribution in [0.4, 0.5) is 0 Å². The minimum atomic E-state index is -0.0208. The van der Waals surface area contributed by atoms with E-state index in [1.165, 1.54) is 6.92 Å². The van der Waals surface area contributed by atoms with Gasteiger partial charge in [-0.3, -0.25) is 14.5 Å². The summed E-state index contributed by atoms with van der Waals surface area (Å²) in [6.07, 6.45) is 2.97. The molecule has 2 fully saturated rings. The van der Waals surface area contributed by atoms with E-state index in [2.05, 4.69) is 17.1 Å². The Hall–Kier alpha value is -1.14. The summed E-state index contributed by atoms with van der Waals surface area (Å²) in [5, 5.41) is 2.92. The van der Waals surface area contributed by atoms with Gasteiger partial charge in [0.2, 0.25) is 11.8 Å². The van der Waals surface area contributed by atoms with Crippen LogP contribution in [-0.2, 0) is 9.59 Å². The fraction of sp³-hybridized carbons (Fsp3) is 0.867. The number of hydrogen-bond donors (Lipinski definition) is 2. The molecule has 0 saturated carbocycles. The summed E-state index contributed by atoms with van der Waals surface area (Å²) in [5.74, 6) is 0.152. The molecule has 0 aromatic heterocycles. The second-order valence-electron chi connectivity index (χ2n) is 6.85. The van der Waals surface area contributed by atoms with Crippen LogP contribution in [0.15, 0.2) is 0 Å². The largest absolute Gasteiger partial charge is 0.352 e. The van der Waals surface area contributed by atoms with Crippen molar-refractivity contribution in [1.82, 2.24) is 15.1 Å². The Morgan fingerprint density at radius 3 is 2.76 bits per heavy atom. The number of hydrogen-bond acceptors (Lipinski definition) is 4. The highest BCUT2D eigenvalue weighted by Crippen LogP contribution is 2.28. The first-order chi connectivity index (χ1) is 9.92. The van der Waals surface area contributed by atoms with Gasteiger partial charge in [0.15, 0.2) is 0 Å². The highest BCUT2D eigenvalue weighted by atomic mass is 16.2. The Kier molecular flexibility index (Phi) is 5.22. The molecule has 0 radical (unpaired) electrons. The molecule has 2 rings (SSSR count). The third-order valence-corrected chi connectivity index (χ3v) is 4.67. The van der Waals surface area contributed by atoms with E-state index < -0.39 is 0 Å². The van der Waals surface area contributed by atoms with Gasteiger partial charge in [0.05, 0.1) is 6.54 Å². The van der Waals surface area contributed by atoms with Gasteiger partial charge >= 0.3 is 0 Å². The predicted molar refractivity (Wildman–Crippen MR) is 81.6 cm³/mol. The summed E-state index contributed by atoms with van der Waals surface area (Å²) < 4.78 is 0. The molecular formula is C15H28N4O2. The highest BCUT2D eigenvalue weighted by molar-refractivity contribution is 5.78. The van der Waals surface area contributed by atoms with Crippen molar-refractivity contribution >= 4 is 11.8 Å². The third-order valence-electron chi connectivity index (χ3n) is 4.67. The maximum Gasteiger partial charge on any atom is 0.236 e. The highest BCUT2D eigenvalue weighted by Gasteiger charge is 2.34. The number of nitrogens with one attached hydrogen (secondary N) is 1. The number of carbonyl (C=O) groups is 2. The van der Waals surface area contributed by atoms with Crippen molar-refractivity contribution in [3.63, 3.8) is 0 Å². The molecule has 21 heavy (non-hydrogen) atoms. The normalized spacial score (nSPS) is 30.4. The van der Waals surface area contributed by atoms with E-state index in [9.17, 15) is 9.59 Å². The number of piperidine rings is 1. The maximum atomic E-state index is 12.4. The van der Waals surface area contributed by atoms with Crippen LogP contribution in [0, 0.1) is 5.41 Å². The Morgan fingerprint density at radius 1 is 1.38 bits per heavy atom. The molecule has 0 aromatic carbocycles. The molecule has 2 saturated heterocycles. The Bertz CT molecular complexity index is 401. The lowest BCUT2D eigenvalue weighted by molar-refractivity contribution is -0.134. The van der Waals surface area contributed by atoms with Gasteiger partial charge in [-0.25, -0.2) is 0 Å². The van der Waals surface area contributed by atoms with Crippen molar-refractivity contribution in [2.75, 3.05) is 39.3 Å². The first-order valence-electron chi connectivity index (χ1n) is 7.89. The van der Waals surface area contributed by atoms with Gasteiger partial charge in [0, 0.05) is 32.6 Å². The fourth-order valence-electron chi connectivity index (χ4n) is 3.33. The summed E-state index contributed by atoms with van der Waals surface area (Å²) in [7, 11) is 0. The Morgan fingerprint density at radius 2 is 2.14 bits per heavy atom. The number of rotatable bonds is 4. The molecule has 120 valence electrons. The van der Waals surface area contributed by atoms with Crippen LogP contribution < -0.4 is 11.1 Å². The topological polar surface area (TPSA) is 78.7 Å². The Balaban J connectivity index is 1.82. The second kappa shape index (κ2) is 6.75. The van der Waals surface area contributed by atoms with Gasteiger partial charge < -0.3 is 16.0 Å². The number of nitrogens with zero attached hydrogens (tertiary/aromatic N) is 2. The molecule has 2 unspecified atom stereocenters. The fourth-order valence-corrected chi connectivity index (χ4v) is 3.33. The smallest absolute Gasteiger partial charge is 0.236 e. The van der Waals surface area contributed by atoms with Crippen molar-refractivity contribution in [2.45, 2.75) is 39.2 Å². The van der Waals surface area contributed by atoms with Gasteiger partial charge in [0.1, 0.15) is 0 Å². The molecule has 2 aliphatic heterocycles. The van der Waals surface area contributed by atoms with Crippen LogP contribution in [0.25, 0.3) is 0 Å². The molecule has 0 spiro atoms. The van der Waals surface area contributed by atoms with E-state index in [0.717, 1.165) is 38.9 Å². The molecule has 6 nitrogen and oxygen atoms in total. The lowest BCUT2D eigenvalue weighted by Crippen LogP contribution is -2.51. The van der Waals surface area contributed by atoms with Crippen molar-refractivity contribution in [3.8, 4) is 0 Å². The minimum Gasteiger partial charge on any atom is -0.352 e. The van der Waals surface area contributed by atoms with E-state index in [1.54, 1.807) is 0 Å². The first-order valence-corrected chi connectivity index (χ1v) is 7.89. The zero-order valence-corrected chi connectivity index (χ0v) is 13.2. The van der Waals surface area contributed by atoms with Crippen molar-refractivity contribution in [1.29, 1.82) is 0 Å². The van der Waals surface area contributed by atoms with E-state index in [1.807, 2.05) is 4.90 Å². The standard InChI is InChI=1S/C15H28N4O2/c1-12(20)17-13-4-3-6-19(8-13)14(21)9-18-7-5-15(2,10-16)11-18/h13H,3-11,16H2,1-2H3,(H,17,20). The minimum absolute atomic E-state index is 0.0208. The molecule has 0 bridgehead atoms. The summed E-state index contributed by atoms with van der Waals surface area (Å²) in [6, 6.07) is 0.105. The first kappa shape index (κ1) is 16.2. The van der Waals surface area contributed by atoms with Crippen molar-refractivity contribution < 1.29 is 9.59 Å². The predicted octanol–water partition coefficient (Wildman–Crippen LogP) is -0.216. The zero-order valence-electron chi connectivity index (χ0n) is 13.2. The number of likely N-dealkylation sites (tertiary alicyclic amines) is 2. The van der Waals surface area contributed by atoms with Crippen molar-refractivity contribution in [3.05, 3.63) is 0 Å². The third kappa shape index (κ3) is 4.41. The van der Waals surface area contributed by atoms with Crippen LogP contribution in [-0.4, -0.2) is 66.9 Å². The molecule has 2 heterocycles. The molecule has 2 atom stereocenters. The Labute approximate surface area is 127 Å². The lowest BCUT2D eigenvalue weighted by atomic mass is 9.90. The number of amides is 2. The lowest BCUT2D eigenvalue weighted by Gasteiger charge is -2.34. The average molecular weight is 296 g/mol. The van der Waals surface area contributed by atoms with Crippen LogP contribution in [0.3, 0.4) is 0 Å². The summed E-state index contributed by atoms with van der Waals surface area (Å²) >= 11 is 0. The van der Waals surface area contributed by atoms with Gasteiger partial charge in [-0.2, -0.15) is 0 Å². The van der Waals surface area contributed by atoms with Gasteiger partial charge in [-0.15, -0.1) is 0 Å². The van der Waals surface area contributed by atoms with Crippen LogP contribution in [0.5, 0.6) is 0 Å². The van der Waals surface area contributed by atoms with Crippen LogP contribution in [0.1, 0.15) is 33.1 Å². The number of carbonyl (C=O) groups excluding carboxylic acids is 2.